The third-order valence-electron chi connectivity index (χ3n) is 1.54. The first-order valence-corrected chi connectivity index (χ1v) is 6.16. The van der Waals surface area contributed by atoms with Crippen LogP contribution in [0.3, 0.4) is 0 Å². The number of rotatable bonds is 5. The van der Waals surface area contributed by atoms with Gasteiger partial charge in [-0.1, -0.05) is 31.5 Å². The van der Waals surface area contributed by atoms with Crippen LogP contribution in [0.25, 0.3) is 0 Å². The predicted molar refractivity (Wildman–Crippen MR) is 60.1 cm³/mol. The molecule has 14 heavy (non-hydrogen) atoms. The van der Waals surface area contributed by atoms with Crippen LogP contribution in [-0.4, -0.2) is 20.7 Å². The molecule has 0 fully saturated rings. The van der Waals surface area contributed by atoms with Gasteiger partial charge < -0.3 is 0 Å². The lowest BCUT2D eigenvalue weighted by molar-refractivity contribution is 0.776. The minimum absolute atomic E-state index is 0.156. The Morgan fingerprint density at radius 1 is 1.07 bits per heavy atom. The summed E-state index contributed by atoms with van der Waals surface area (Å²) in [5, 5.41) is 0.914. The van der Waals surface area contributed by atoms with Crippen molar-refractivity contribution in [2.24, 2.45) is 0 Å². The van der Waals surface area contributed by atoms with Crippen molar-refractivity contribution in [3.63, 3.8) is 0 Å². The molecule has 3 nitrogen and oxygen atoms in total. The molecule has 0 N–H and O–H groups in total. The molecule has 0 aliphatic carbocycles. The zero-order valence-corrected chi connectivity index (χ0v) is 10.2. The maximum absolute atomic E-state index is 5.63. The molecule has 0 saturated carbocycles. The van der Waals surface area contributed by atoms with Crippen LogP contribution in [0.15, 0.2) is 5.16 Å². The van der Waals surface area contributed by atoms with Crippen molar-refractivity contribution < 1.29 is 0 Å². The topological polar surface area (TPSA) is 38.7 Å². The second-order valence-electron chi connectivity index (χ2n) is 2.71. The van der Waals surface area contributed by atoms with E-state index in [4.69, 9.17) is 23.2 Å². The summed E-state index contributed by atoms with van der Waals surface area (Å²) in [6, 6.07) is 0. The first-order valence-electron chi connectivity index (χ1n) is 4.42. The van der Waals surface area contributed by atoms with Crippen LogP contribution >= 0.6 is 35.0 Å². The van der Waals surface area contributed by atoms with Gasteiger partial charge in [0.1, 0.15) is 0 Å². The van der Waals surface area contributed by atoms with E-state index in [1.54, 1.807) is 11.8 Å². The first kappa shape index (κ1) is 12.0. The molecule has 0 aliphatic heterocycles. The second-order valence-corrected chi connectivity index (χ2v) is 4.45. The van der Waals surface area contributed by atoms with Gasteiger partial charge in [-0.2, -0.15) is 15.0 Å². The van der Waals surface area contributed by atoms with E-state index < -0.39 is 0 Å². The smallest absolute Gasteiger partial charge is 0.192 e. The molecule has 1 heterocycles. The van der Waals surface area contributed by atoms with Gasteiger partial charge in [-0.25, -0.2) is 0 Å². The number of nitrogens with zero attached hydrogens (tertiary/aromatic N) is 3. The number of hydrogen-bond donors (Lipinski definition) is 0. The van der Waals surface area contributed by atoms with Crippen LogP contribution in [0.1, 0.15) is 26.2 Å². The zero-order valence-electron chi connectivity index (χ0n) is 7.83. The van der Waals surface area contributed by atoms with E-state index in [0.717, 1.165) is 12.2 Å². The van der Waals surface area contributed by atoms with Crippen molar-refractivity contribution in [3.8, 4) is 0 Å². The van der Waals surface area contributed by atoms with E-state index in [2.05, 4.69) is 21.9 Å². The molecule has 1 aromatic rings. The number of unbranched alkanes of at least 4 members (excludes halogenated alkanes) is 2. The van der Waals surface area contributed by atoms with E-state index in [0.29, 0.717) is 5.16 Å². The van der Waals surface area contributed by atoms with Gasteiger partial charge in [-0.3, -0.25) is 0 Å². The third kappa shape index (κ3) is 4.44. The normalized spacial score (nSPS) is 10.5. The number of hydrogen-bond acceptors (Lipinski definition) is 4. The molecule has 0 radical (unpaired) electrons. The van der Waals surface area contributed by atoms with Gasteiger partial charge in [0, 0.05) is 5.75 Å². The highest BCUT2D eigenvalue weighted by Crippen LogP contribution is 2.18. The Bertz CT molecular complexity index is 276. The lowest BCUT2D eigenvalue weighted by Gasteiger charge is -1.99. The Labute approximate surface area is 97.6 Å². The van der Waals surface area contributed by atoms with E-state index >= 15 is 0 Å². The largest absolute Gasteiger partial charge is 0.227 e. The SMILES string of the molecule is CCCCCSc1nc(Cl)nc(Cl)n1. The Balaban J connectivity index is 2.42. The van der Waals surface area contributed by atoms with Gasteiger partial charge in [-0.05, 0) is 29.6 Å². The molecular formula is C8H11Cl2N3S. The van der Waals surface area contributed by atoms with E-state index in [9.17, 15) is 0 Å². The Morgan fingerprint density at radius 3 is 2.29 bits per heavy atom. The van der Waals surface area contributed by atoms with Gasteiger partial charge in [0.25, 0.3) is 0 Å². The van der Waals surface area contributed by atoms with Gasteiger partial charge in [-0.15, -0.1) is 0 Å². The van der Waals surface area contributed by atoms with Crippen molar-refractivity contribution in [3.05, 3.63) is 10.6 Å². The Hall–Kier alpha value is -0.0600. The summed E-state index contributed by atoms with van der Waals surface area (Å²) in [4.78, 5) is 11.6. The average molecular weight is 252 g/mol. The summed E-state index contributed by atoms with van der Waals surface area (Å²) in [5.41, 5.74) is 0. The highest BCUT2D eigenvalue weighted by Gasteiger charge is 2.02. The van der Waals surface area contributed by atoms with Gasteiger partial charge >= 0.3 is 0 Å². The molecule has 0 unspecified atom stereocenters. The highest BCUT2D eigenvalue weighted by atomic mass is 35.5. The predicted octanol–water partition coefficient (Wildman–Crippen LogP) is 3.46. The molecule has 6 heteroatoms. The van der Waals surface area contributed by atoms with Gasteiger partial charge in [0.2, 0.25) is 10.6 Å². The molecule has 0 aromatic carbocycles. The molecule has 0 bridgehead atoms. The fourth-order valence-corrected chi connectivity index (χ4v) is 2.19. The summed E-state index contributed by atoms with van der Waals surface area (Å²) in [6.07, 6.45) is 3.58. The van der Waals surface area contributed by atoms with Crippen molar-refractivity contribution in [2.75, 3.05) is 5.75 Å². The summed E-state index contributed by atoms with van der Waals surface area (Å²) >= 11 is 12.8. The molecule has 1 aromatic heterocycles. The zero-order chi connectivity index (χ0) is 10.4. The molecule has 0 atom stereocenters. The van der Waals surface area contributed by atoms with Gasteiger partial charge in [0.05, 0.1) is 0 Å². The fourth-order valence-electron chi connectivity index (χ4n) is 0.889. The second kappa shape index (κ2) is 6.43. The maximum Gasteiger partial charge on any atom is 0.227 e. The summed E-state index contributed by atoms with van der Waals surface area (Å²) in [7, 11) is 0. The molecule has 0 spiro atoms. The molecular weight excluding hydrogens is 241 g/mol. The maximum atomic E-state index is 5.63. The third-order valence-corrected chi connectivity index (χ3v) is 2.81. The number of aromatic nitrogens is 3. The minimum Gasteiger partial charge on any atom is -0.192 e. The van der Waals surface area contributed by atoms with Crippen LogP contribution in [-0.2, 0) is 0 Å². The van der Waals surface area contributed by atoms with Crippen LogP contribution in [0.5, 0.6) is 0 Å². The summed E-state index contributed by atoms with van der Waals surface area (Å²) in [5.74, 6) is 0.991. The number of thioether (sulfide) groups is 1. The van der Waals surface area contributed by atoms with Crippen LogP contribution in [0.4, 0.5) is 0 Å². The lowest BCUT2D eigenvalue weighted by atomic mass is 10.3. The monoisotopic (exact) mass is 251 g/mol. The number of halogens is 2. The Morgan fingerprint density at radius 2 is 1.71 bits per heavy atom. The van der Waals surface area contributed by atoms with Crippen molar-refractivity contribution in [2.45, 2.75) is 31.3 Å². The quantitative estimate of drug-likeness (QED) is 0.594. The summed E-state index contributed by atoms with van der Waals surface area (Å²) in [6.45, 7) is 2.17. The van der Waals surface area contributed by atoms with E-state index in [1.807, 2.05) is 0 Å². The van der Waals surface area contributed by atoms with Crippen LogP contribution in [0, 0.1) is 0 Å². The highest BCUT2D eigenvalue weighted by molar-refractivity contribution is 7.99. The first-order chi connectivity index (χ1) is 6.72. The molecule has 78 valence electrons. The fraction of sp³-hybridized carbons (Fsp3) is 0.625. The summed E-state index contributed by atoms with van der Waals surface area (Å²) < 4.78 is 0. The van der Waals surface area contributed by atoms with Crippen molar-refractivity contribution >= 4 is 35.0 Å². The van der Waals surface area contributed by atoms with E-state index in [-0.39, 0.29) is 10.6 Å². The van der Waals surface area contributed by atoms with Crippen LogP contribution < -0.4 is 0 Å². The molecule has 0 saturated heterocycles. The molecule has 0 amide bonds. The minimum atomic E-state index is 0.156. The lowest BCUT2D eigenvalue weighted by Crippen LogP contribution is -1.92. The molecule has 0 aliphatic rings. The van der Waals surface area contributed by atoms with Crippen molar-refractivity contribution in [1.82, 2.24) is 15.0 Å². The molecule has 1 rings (SSSR count). The standard InChI is InChI=1S/C8H11Cl2N3S/c1-2-3-4-5-14-8-12-6(9)11-7(10)13-8/h2-5H2,1H3. The van der Waals surface area contributed by atoms with Crippen LogP contribution in [0.2, 0.25) is 10.6 Å². The van der Waals surface area contributed by atoms with Gasteiger partial charge in [0.15, 0.2) is 5.16 Å². The average Bonchev–Trinajstić information content (AvgIpc) is 2.11. The van der Waals surface area contributed by atoms with E-state index in [1.165, 1.54) is 12.8 Å². The Kier molecular flexibility index (Phi) is 5.52. The van der Waals surface area contributed by atoms with Crippen molar-refractivity contribution in [1.29, 1.82) is 0 Å².